The van der Waals surface area contributed by atoms with Gasteiger partial charge in [-0.1, -0.05) is 61.2 Å². The van der Waals surface area contributed by atoms with Crippen LogP contribution in [0.2, 0.25) is 5.15 Å². The van der Waals surface area contributed by atoms with Crippen LogP contribution < -0.4 is 0 Å². The number of nitrogens with zero attached hydrogens (tertiary/aromatic N) is 4. The van der Waals surface area contributed by atoms with Crippen molar-refractivity contribution in [3.05, 3.63) is 64.5 Å². The van der Waals surface area contributed by atoms with E-state index < -0.39 is 0 Å². The van der Waals surface area contributed by atoms with Crippen LogP contribution in [0.4, 0.5) is 0 Å². The van der Waals surface area contributed by atoms with Gasteiger partial charge in [-0.25, -0.2) is 15.0 Å². The number of hydrogen-bond acceptors (Lipinski definition) is 4. The molecule has 3 aromatic rings. The highest BCUT2D eigenvalue weighted by molar-refractivity contribution is 6.30. The van der Waals surface area contributed by atoms with Crippen LogP contribution in [-0.4, -0.2) is 31.4 Å². The first-order chi connectivity index (χ1) is 14.3. The summed E-state index contributed by atoms with van der Waals surface area (Å²) >= 11 is 6.43. The fourth-order valence-corrected chi connectivity index (χ4v) is 4.72. The third-order valence-electron chi connectivity index (χ3n) is 6.16. The standard InChI is InChI=1S/C23H26ClN5/c24-21-20(27-23(28-21)17-9-5-2-6-10-17)15-29-12-11-19-18(14-29)13-25-22(26-19)16-7-3-1-4-8-16/h2,5-6,9-10,13,16H,1,3-4,7-8,11-12,14-15H2,(H,27,28). The molecule has 5 rings (SSSR count). The molecule has 1 aliphatic heterocycles. The number of halogens is 1. The molecule has 0 atom stereocenters. The molecule has 1 aromatic carbocycles. The van der Waals surface area contributed by atoms with Crippen LogP contribution in [0.1, 0.15) is 60.8 Å². The summed E-state index contributed by atoms with van der Waals surface area (Å²) in [5.41, 5.74) is 4.49. The molecule has 0 saturated heterocycles. The number of H-pyrrole nitrogens is 1. The van der Waals surface area contributed by atoms with Gasteiger partial charge in [0.05, 0.1) is 5.69 Å². The molecular weight excluding hydrogens is 382 g/mol. The maximum absolute atomic E-state index is 6.43. The molecule has 1 saturated carbocycles. The molecule has 0 amide bonds. The Kier molecular flexibility index (Phi) is 5.34. The van der Waals surface area contributed by atoms with E-state index in [-0.39, 0.29) is 0 Å². The number of nitrogens with one attached hydrogen (secondary N) is 1. The fourth-order valence-electron chi connectivity index (χ4n) is 4.53. The summed E-state index contributed by atoms with van der Waals surface area (Å²) in [6.07, 6.45) is 9.50. The highest BCUT2D eigenvalue weighted by Gasteiger charge is 2.23. The second kappa shape index (κ2) is 8.25. The van der Waals surface area contributed by atoms with Crippen molar-refractivity contribution >= 4 is 11.6 Å². The SMILES string of the molecule is Clc1nc(-c2ccccc2)[nH]c1CN1CCc2nc(C3CCCCC3)ncc2C1. The minimum atomic E-state index is 0.554. The van der Waals surface area contributed by atoms with E-state index in [1.54, 1.807) is 0 Å². The quantitative estimate of drug-likeness (QED) is 0.651. The van der Waals surface area contributed by atoms with Crippen molar-refractivity contribution < 1.29 is 0 Å². The van der Waals surface area contributed by atoms with Gasteiger partial charge >= 0.3 is 0 Å². The van der Waals surface area contributed by atoms with Gasteiger partial charge in [0.25, 0.3) is 0 Å². The fraction of sp³-hybridized carbons (Fsp3) is 0.435. The lowest BCUT2D eigenvalue weighted by Crippen LogP contribution is -2.31. The zero-order valence-corrected chi connectivity index (χ0v) is 17.3. The monoisotopic (exact) mass is 407 g/mol. The van der Waals surface area contributed by atoms with Gasteiger partial charge in [0, 0.05) is 55.0 Å². The summed E-state index contributed by atoms with van der Waals surface area (Å²) < 4.78 is 0. The number of aromatic amines is 1. The minimum absolute atomic E-state index is 0.554. The Morgan fingerprint density at radius 2 is 1.90 bits per heavy atom. The lowest BCUT2D eigenvalue weighted by Gasteiger charge is -2.28. The summed E-state index contributed by atoms with van der Waals surface area (Å²) in [5.74, 6) is 2.46. The normalized spacial score (nSPS) is 18.0. The van der Waals surface area contributed by atoms with E-state index in [0.717, 1.165) is 49.0 Å². The average molecular weight is 408 g/mol. The lowest BCUT2D eigenvalue weighted by molar-refractivity contribution is 0.240. The second-order valence-electron chi connectivity index (χ2n) is 8.22. The predicted octanol–water partition coefficient (Wildman–Crippen LogP) is 5.13. The maximum atomic E-state index is 6.43. The van der Waals surface area contributed by atoms with Crippen molar-refractivity contribution in [1.29, 1.82) is 0 Å². The first-order valence-corrected chi connectivity index (χ1v) is 11.0. The summed E-state index contributed by atoms with van der Waals surface area (Å²) in [4.78, 5) is 20.0. The van der Waals surface area contributed by atoms with Crippen molar-refractivity contribution in [3.8, 4) is 11.4 Å². The molecular formula is C23H26ClN5. The molecule has 0 bridgehead atoms. The first kappa shape index (κ1) is 18.8. The largest absolute Gasteiger partial charge is 0.339 e. The molecule has 0 radical (unpaired) electrons. The Hall–Kier alpha value is -2.24. The highest BCUT2D eigenvalue weighted by atomic mass is 35.5. The Morgan fingerprint density at radius 3 is 2.72 bits per heavy atom. The number of aromatic nitrogens is 4. The van der Waals surface area contributed by atoms with Gasteiger partial charge in [-0.3, -0.25) is 4.90 Å². The average Bonchev–Trinajstić information content (AvgIpc) is 3.15. The Balaban J connectivity index is 1.28. The summed E-state index contributed by atoms with van der Waals surface area (Å²) in [5, 5.41) is 0.554. The third-order valence-corrected chi connectivity index (χ3v) is 6.47. The lowest BCUT2D eigenvalue weighted by atomic mass is 9.88. The number of rotatable bonds is 4. The molecule has 150 valence electrons. The van der Waals surface area contributed by atoms with E-state index in [1.165, 1.54) is 43.4 Å². The van der Waals surface area contributed by atoms with Crippen molar-refractivity contribution in [3.63, 3.8) is 0 Å². The molecule has 1 fully saturated rings. The van der Waals surface area contributed by atoms with Crippen LogP contribution in [0.3, 0.4) is 0 Å². The van der Waals surface area contributed by atoms with E-state index in [9.17, 15) is 0 Å². The van der Waals surface area contributed by atoms with Crippen molar-refractivity contribution in [2.75, 3.05) is 6.54 Å². The Bertz CT molecular complexity index is 978. The molecule has 3 heterocycles. The van der Waals surface area contributed by atoms with E-state index >= 15 is 0 Å². The van der Waals surface area contributed by atoms with Gasteiger partial charge in [0.15, 0.2) is 5.15 Å². The second-order valence-corrected chi connectivity index (χ2v) is 8.57. The Labute approximate surface area is 176 Å². The molecule has 0 spiro atoms. The topological polar surface area (TPSA) is 57.7 Å². The molecule has 1 aliphatic carbocycles. The highest BCUT2D eigenvalue weighted by Crippen LogP contribution is 2.31. The van der Waals surface area contributed by atoms with Gasteiger partial charge < -0.3 is 4.98 Å². The van der Waals surface area contributed by atoms with Crippen LogP contribution in [0.5, 0.6) is 0 Å². The van der Waals surface area contributed by atoms with Gasteiger partial charge in [-0.2, -0.15) is 0 Å². The van der Waals surface area contributed by atoms with E-state index in [1.807, 2.05) is 30.3 Å². The van der Waals surface area contributed by atoms with Gasteiger partial charge in [-0.15, -0.1) is 0 Å². The van der Waals surface area contributed by atoms with Gasteiger partial charge in [0.2, 0.25) is 0 Å². The maximum Gasteiger partial charge on any atom is 0.152 e. The zero-order valence-electron chi connectivity index (χ0n) is 16.6. The van der Waals surface area contributed by atoms with E-state index in [2.05, 4.69) is 21.1 Å². The first-order valence-electron chi connectivity index (χ1n) is 10.6. The van der Waals surface area contributed by atoms with E-state index in [4.69, 9.17) is 21.6 Å². The molecule has 2 aliphatic rings. The summed E-state index contributed by atoms with van der Waals surface area (Å²) in [6.45, 7) is 2.59. The number of imidazole rings is 1. The molecule has 0 unspecified atom stereocenters. The molecule has 2 aromatic heterocycles. The third kappa shape index (κ3) is 4.07. The number of hydrogen-bond donors (Lipinski definition) is 1. The predicted molar refractivity (Wildman–Crippen MR) is 115 cm³/mol. The minimum Gasteiger partial charge on any atom is -0.339 e. The van der Waals surface area contributed by atoms with Gasteiger partial charge in [0.1, 0.15) is 11.6 Å². The van der Waals surface area contributed by atoms with Crippen LogP contribution in [-0.2, 0) is 19.5 Å². The Morgan fingerprint density at radius 1 is 1.07 bits per heavy atom. The molecule has 5 nitrogen and oxygen atoms in total. The molecule has 6 heteroatoms. The number of benzene rings is 1. The van der Waals surface area contributed by atoms with Crippen LogP contribution in [0, 0.1) is 0 Å². The zero-order chi connectivity index (χ0) is 19.6. The van der Waals surface area contributed by atoms with Gasteiger partial charge in [-0.05, 0) is 12.8 Å². The summed E-state index contributed by atoms with van der Waals surface area (Å²) in [7, 11) is 0. The van der Waals surface area contributed by atoms with E-state index in [0.29, 0.717) is 11.1 Å². The summed E-state index contributed by atoms with van der Waals surface area (Å²) in [6, 6.07) is 10.1. The molecule has 1 N–H and O–H groups in total. The van der Waals surface area contributed by atoms with Crippen LogP contribution in [0.15, 0.2) is 36.5 Å². The molecule has 29 heavy (non-hydrogen) atoms. The number of fused-ring (bicyclic) bond motifs is 1. The van der Waals surface area contributed by atoms with Crippen molar-refractivity contribution in [2.45, 2.75) is 57.5 Å². The smallest absolute Gasteiger partial charge is 0.152 e. The van der Waals surface area contributed by atoms with Crippen LogP contribution in [0.25, 0.3) is 11.4 Å². The van der Waals surface area contributed by atoms with Crippen LogP contribution >= 0.6 is 11.6 Å². The van der Waals surface area contributed by atoms with Crippen molar-refractivity contribution in [2.24, 2.45) is 0 Å². The van der Waals surface area contributed by atoms with Crippen molar-refractivity contribution in [1.82, 2.24) is 24.8 Å².